The summed E-state index contributed by atoms with van der Waals surface area (Å²) < 4.78 is 3.32. The third-order valence-electron chi connectivity index (χ3n) is 2.72. The molecule has 3 aromatic heterocycles. The molecule has 1 N–H and O–H groups in total. The smallest absolute Gasteiger partial charge is 0.255 e. The molecule has 0 aliphatic carbocycles. The van der Waals surface area contributed by atoms with Crippen LogP contribution in [0.15, 0.2) is 30.7 Å². The second kappa shape index (κ2) is 5.08. The van der Waals surface area contributed by atoms with E-state index in [-0.39, 0.29) is 0 Å². The van der Waals surface area contributed by atoms with Crippen molar-refractivity contribution >= 4 is 5.95 Å². The Bertz CT molecular complexity index is 700. The van der Waals surface area contributed by atoms with Gasteiger partial charge in [-0.2, -0.15) is 25.1 Å². The lowest BCUT2D eigenvalue weighted by Crippen LogP contribution is -2.11. The molecule has 0 atom stereocenters. The highest BCUT2D eigenvalue weighted by Crippen LogP contribution is 2.16. The summed E-state index contributed by atoms with van der Waals surface area (Å²) in [5, 5.41) is 11.4. The number of nitrogens with zero attached hydrogens (tertiary/aromatic N) is 7. The Kier molecular flexibility index (Phi) is 3.12. The summed E-state index contributed by atoms with van der Waals surface area (Å²) in [5.74, 6) is 1.54. The fraction of sp³-hybridized carbons (Fsp3) is 0.250. The van der Waals surface area contributed by atoms with Gasteiger partial charge in [-0.1, -0.05) is 0 Å². The molecule has 102 valence electrons. The van der Waals surface area contributed by atoms with Gasteiger partial charge in [0.1, 0.15) is 5.69 Å². The lowest BCUT2D eigenvalue weighted by molar-refractivity contribution is 0.759. The first kappa shape index (κ1) is 12.3. The third kappa shape index (κ3) is 2.22. The molecule has 3 aromatic rings. The number of aromatic nitrogens is 7. The first-order chi connectivity index (χ1) is 9.78. The summed E-state index contributed by atoms with van der Waals surface area (Å²) in [6.45, 7) is 2.72. The lowest BCUT2D eigenvalue weighted by Gasteiger charge is -2.07. The van der Waals surface area contributed by atoms with Crippen LogP contribution in [0.25, 0.3) is 17.5 Å². The van der Waals surface area contributed by atoms with Crippen LogP contribution >= 0.6 is 0 Å². The van der Waals surface area contributed by atoms with Crippen molar-refractivity contribution in [1.29, 1.82) is 0 Å². The van der Waals surface area contributed by atoms with E-state index in [1.54, 1.807) is 28.0 Å². The van der Waals surface area contributed by atoms with Crippen LogP contribution in [0.1, 0.15) is 6.92 Å². The van der Waals surface area contributed by atoms with Crippen molar-refractivity contribution in [2.24, 2.45) is 7.05 Å². The molecule has 3 rings (SSSR count). The van der Waals surface area contributed by atoms with Crippen molar-refractivity contribution in [2.75, 3.05) is 11.9 Å². The fourth-order valence-electron chi connectivity index (χ4n) is 1.80. The molecule has 0 unspecified atom stereocenters. The van der Waals surface area contributed by atoms with E-state index >= 15 is 0 Å². The molecule has 8 heteroatoms. The van der Waals surface area contributed by atoms with E-state index in [0.29, 0.717) is 17.7 Å². The Morgan fingerprint density at radius 3 is 2.70 bits per heavy atom. The van der Waals surface area contributed by atoms with Crippen molar-refractivity contribution in [3.63, 3.8) is 0 Å². The predicted octanol–water partition coefficient (Wildman–Crippen LogP) is 0.890. The summed E-state index contributed by atoms with van der Waals surface area (Å²) >= 11 is 0. The van der Waals surface area contributed by atoms with Gasteiger partial charge in [-0.05, 0) is 19.1 Å². The van der Waals surface area contributed by atoms with Crippen molar-refractivity contribution in [1.82, 2.24) is 34.5 Å². The van der Waals surface area contributed by atoms with Crippen LogP contribution < -0.4 is 5.32 Å². The highest BCUT2D eigenvalue weighted by Gasteiger charge is 2.12. The quantitative estimate of drug-likeness (QED) is 0.757. The maximum atomic E-state index is 4.44. The molecule has 0 spiro atoms. The number of aryl methyl sites for hydroxylation is 1. The van der Waals surface area contributed by atoms with Crippen LogP contribution in [0.3, 0.4) is 0 Å². The van der Waals surface area contributed by atoms with Gasteiger partial charge in [0.05, 0.1) is 0 Å². The van der Waals surface area contributed by atoms with Gasteiger partial charge in [0.2, 0.25) is 5.95 Å². The second-order valence-electron chi connectivity index (χ2n) is 4.10. The molecule has 20 heavy (non-hydrogen) atoms. The van der Waals surface area contributed by atoms with Gasteiger partial charge in [-0.3, -0.25) is 4.68 Å². The lowest BCUT2D eigenvalue weighted by atomic mass is 10.4. The van der Waals surface area contributed by atoms with E-state index in [1.165, 1.54) is 0 Å². The van der Waals surface area contributed by atoms with E-state index in [4.69, 9.17) is 0 Å². The van der Waals surface area contributed by atoms with Crippen molar-refractivity contribution in [3.05, 3.63) is 30.7 Å². The van der Waals surface area contributed by atoms with Crippen LogP contribution in [-0.2, 0) is 7.05 Å². The summed E-state index contributed by atoms with van der Waals surface area (Å²) in [5.41, 5.74) is 0.819. The molecule has 0 radical (unpaired) electrons. The van der Waals surface area contributed by atoms with E-state index in [1.807, 2.05) is 26.1 Å². The minimum absolute atomic E-state index is 0.470. The van der Waals surface area contributed by atoms with Gasteiger partial charge in [0, 0.05) is 32.2 Å². The van der Waals surface area contributed by atoms with Gasteiger partial charge in [-0.15, -0.1) is 0 Å². The maximum absolute atomic E-state index is 4.44. The Morgan fingerprint density at radius 1 is 1.15 bits per heavy atom. The first-order valence-corrected chi connectivity index (χ1v) is 6.26. The SMILES string of the molecule is CCNc1nc(-c2ccnn2C)nc(-n2cccn2)n1. The van der Waals surface area contributed by atoms with E-state index in [0.717, 1.165) is 12.2 Å². The maximum Gasteiger partial charge on any atom is 0.255 e. The highest BCUT2D eigenvalue weighted by molar-refractivity contribution is 5.52. The van der Waals surface area contributed by atoms with Crippen LogP contribution in [0.4, 0.5) is 5.95 Å². The average Bonchev–Trinajstić information content (AvgIpc) is 3.09. The third-order valence-corrected chi connectivity index (χ3v) is 2.72. The van der Waals surface area contributed by atoms with Crippen LogP contribution in [0.2, 0.25) is 0 Å². The molecule has 0 aliphatic rings. The number of rotatable bonds is 4. The van der Waals surface area contributed by atoms with Crippen molar-refractivity contribution in [2.45, 2.75) is 6.92 Å². The largest absolute Gasteiger partial charge is 0.354 e. The molecule has 0 saturated carbocycles. The highest BCUT2D eigenvalue weighted by atomic mass is 15.4. The molecule has 0 aromatic carbocycles. The van der Waals surface area contributed by atoms with Gasteiger partial charge < -0.3 is 5.32 Å². The molecule has 0 amide bonds. The standard InChI is InChI=1S/C12H14N8/c1-3-13-11-16-10(9-5-7-14-19(9)2)17-12(18-11)20-8-4-6-15-20/h4-8H,3H2,1-2H3,(H,13,16,17,18). The van der Waals surface area contributed by atoms with Crippen molar-refractivity contribution in [3.8, 4) is 17.5 Å². The van der Waals surface area contributed by atoms with E-state index in [9.17, 15) is 0 Å². The zero-order valence-corrected chi connectivity index (χ0v) is 11.2. The number of hydrogen-bond acceptors (Lipinski definition) is 6. The Labute approximate surface area is 115 Å². The summed E-state index contributed by atoms with van der Waals surface area (Å²) in [6, 6.07) is 3.68. The van der Waals surface area contributed by atoms with Crippen LogP contribution in [0.5, 0.6) is 0 Å². The molecule has 0 saturated heterocycles. The number of anilines is 1. The van der Waals surface area contributed by atoms with Crippen molar-refractivity contribution < 1.29 is 0 Å². The Hall–Kier alpha value is -2.77. The Balaban J connectivity index is 2.12. The molecular weight excluding hydrogens is 256 g/mol. The zero-order valence-electron chi connectivity index (χ0n) is 11.2. The summed E-state index contributed by atoms with van der Waals surface area (Å²) in [4.78, 5) is 13.2. The minimum Gasteiger partial charge on any atom is -0.354 e. The number of hydrogen-bond donors (Lipinski definition) is 1. The first-order valence-electron chi connectivity index (χ1n) is 6.26. The van der Waals surface area contributed by atoms with Gasteiger partial charge in [0.15, 0.2) is 5.82 Å². The predicted molar refractivity (Wildman–Crippen MR) is 73.3 cm³/mol. The molecule has 0 fully saturated rings. The molecule has 0 aliphatic heterocycles. The zero-order chi connectivity index (χ0) is 13.9. The molecule has 0 bridgehead atoms. The average molecular weight is 270 g/mol. The fourth-order valence-corrected chi connectivity index (χ4v) is 1.80. The van der Waals surface area contributed by atoms with E-state index in [2.05, 4.69) is 30.5 Å². The second-order valence-corrected chi connectivity index (χ2v) is 4.10. The normalized spacial score (nSPS) is 10.7. The van der Waals surface area contributed by atoms with E-state index < -0.39 is 0 Å². The van der Waals surface area contributed by atoms with Gasteiger partial charge >= 0.3 is 0 Å². The van der Waals surface area contributed by atoms with Gasteiger partial charge in [0.25, 0.3) is 5.95 Å². The number of nitrogens with one attached hydrogen (secondary N) is 1. The molecule has 3 heterocycles. The van der Waals surface area contributed by atoms with Crippen LogP contribution in [0, 0.1) is 0 Å². The summed E-state index contributed by atoms with van der Waals surface area (Å²) in [6.07, 6.45) is 5.18. The minimum atomic E-state index is 0.470. The topological polar surface area (TPSA) is 86.3 Å². The Morgan fingerprint density at radius 2 is 2.05 bits per heavy atom. The monoisotopic (exact) mass is 270 g/mol. The van der Waals surface area contributed by atoms with Crippen LogP contribution in [-0.4, -0.2) is 41.1 Å². The molecule has 8 nitrogen and oxygen atoms in total. The summed E-state index contributed by atoms with van der Waals surface area (Å²) in [7, 11) is 1.85. The van der Waals surface area contributed by atoms with Gasteiger partial charge in [-0.25, -0.2) is 4.68 Å². The molecular formula is C12H14N8.